The molecule has 2 saturated heterocycles. The summed E-state index contributed by atoms with van der Waals surface area (Å²) >= 11 is 0. The molecule has 5 heterocycles. The average molecular weight is 610 g/mol. The van der Waals surface area contributed by atoms with Gasteiger partial charge in [-0.25, -0.2) is 4.79 Å². The number of nitrogens with one attached hydrogen (secondary N) is 2. The number of hydrogen-bond acceptors (Lipinski definition) is 5. The molecule has 0 bridgehead atoms. The second kappa shape index (κ2) is 13.5. The Kier molecular flexibility index (Phi) is 9.48. The number of rotatable bonds is 6. The van der Waals surface area contributed by atoms with Gasteiger partial charge in [0.05, 0.1) is 11.3 Å². The van der Waals surface area contributed by atoms with E-state index in [1.165, 1.54) is 25.9 Å². The van der Waals surface area contributed by atoms with Crippen LogP contribution in [0.3, 0.4) is 0 Å². The summed E-state index contributed by atoms with van der Waals surface area (Å²) in [5, 5.41) is 10.0. The summed E-state index contributed by atoms with van der Waals surface area (Å²) in [5.74, 6) is -2.63. The number of aliphatic carboxylic acids is 1. The van der Waals surface area contributed by atoms with Crippen LogP contribution < -0.4 is 5.32 Å². The third kappa shape index (κ3) is 7.54. The van der Waals surface area contributed by atoms with Crippen LogP contribution in [-0.4, -0.2) is 87.6 Å². The number of benzene rings is 1. The number of halogens is 3. The minimum atomic E-state index is -5.08. The van der Waals surface area contributed by atoms with Crippen molar-refractivity contribution in [2.24, 2.45) is 0 Å². The molecule has 0 saturated carbocycles. The maximum absolute atomic E-state index is 13.2. The molecule has 0 aliphatic carbocycles. The number of aromatic nitrogens is 2. The molecule has 232 valence electrons. The number of alkyl halides is 3. The predicted octanol–water partition coefficient (Wildman–Crippen LogP) is 4.87. The number of amides is 2. The number of nitrogens with zero attached hydrogens (tertiary/aromatic N) is 3. The molecular formula is C32H34F3N5O4. The number of carbonyl (C=O) groups is 3. The Labute approximate surface area is 252 Å². The van der Waals surface area contributed by atoms with E-state index in [4.69, 9.17) is 9.90 Å². The molecule has 1 atom stereocenters. The lowest BCUT2D eigenvalue weighted by Gasteiger charge is -2.28. The maximum atomic E-state index is 13.2. The smallest absolute Gasteiger partial charge is 0.475 e. The van der Waals surface area contributed by atoms with Gasteiger partial charge in [-0.2, -0.15) is 13.2 Å². The van der Waals surface area contributed by atoms with Crippen LogP contribution >= 0.6 is 0 Å². The van der Waals surface area contributed by atoms with Crippen LogP contribution in [-0.2, 0) is 11.2 Å². The second-order valence-corrected chi connectivity index (χ2v) is 11.1. The van der Waals surface area contributed by atoms with Gasteiger partial charge in [0.25, 0.3) is 11.8 Å². The molecule has 1 aromatic carbocycles. The van der Waals surface area contributed by atoms with Crippen molar-refractivity contribution in [3.63, 3.8) is 0 Å². The number of aromatic amines is 1. The molecule has 2 aromatic heterocycles. The highest BCUT2D eigenvalue weighted by molar-refractivity contribution is 5.98. The number of carboxylic acid groups (broad SMARTS) is 1. The number of carbonyl (C=O) groups excluding carboxylic acids is 2. The van der Waals surface area contributed by atoms with Crippen LogP contribution in [0.25, 0.3) is 23.4 Å². The predicted molar refractivity (Wildman–Crippen MR) is 159 cm³/mol. The van der Waals surface area contributed by atoms with Crippen LogP contribution in [0.1, 0.15) is 63.4 Å². The number of carboxylic acids is 1. The fourth-order valence-corrected chi connectivity index (χ4v) is 5.80. The van der Waals surface area contributed by atoms with E-state index in [2.05, 4.69) is 25.1 Å². The fraction of sp³-hybridized carbons (Fsp3) is 0.375. The van der Waals surface area contributed by atoms with Crippen molar-refractivity contribution < 1.29 is 32.7 Å². The molecule has 3 aromatic rings. The summed E-state index contributed by atoms with van der Waals surface area (Å²) in [6, 6.07) is 14.1. The maximum Gasteiger partial charge on any atom is 0.490 e. The van der Waals surface area contributed by atoms with E-state index in [1.807, 2.05) is 54.6 Å². The summed E-state index contributed by atoms with van der Waals surface area (Å²) in [5.41, 5.74) is 6.23. The molecule has 0 unspecified atom stereocenters. The van der Waals surface area contributed by atoms with Gasteiger partial charge in [-0.1, -0.05) is 18.2 Å². The molecule has 9 nitrogen and oxygen atoms in total. The van der Waals surface area contributed by atoms with E-state index < -0.39 is 12.1 Å². The number of hydrogen-bond donors (Lipinski definition) is 3. The quantitative estimate of drug-likeness (QED) is 0.367. The zero-order valence-corrected chi connectivity index (χ0v) is 24.1. The van der Waals surface area contributed by atoms with E-state index in [0.29, 0.717) is 12.6 Å². The van der Waals surface area contributed by atoms with Crippen LogP contribution in [0.2, 0.25) is 0 Å². The van der Waals surface area contributed by atoms with Crippen molar-refractivity contribution in [1.82, 2.24) is 25.1 Å². The molecule has 2 amide bonds. The minimum absolute atomic E-state index is 0.0216. The number of fused-ring (bicyclic) bond motifs is 1. The summed E-state index contributed by atoms with van der Waals surface area (Å²) in [7, 11) is 0. The van der Waals surface area contributed by atoms with Crippen LogP contribution in [0.15, 0.2) is 48.7 Å². The number of pyridine rings is 1. The molecular weight excluding hydrogens is 575 g/mol. The van der Waals surface area contributed by atoms with Gasteiger partial charge < -0.3 is 25.2 Å². The lowest BCUT2D eigenvalue weighted by Crippen LogP contribution is -2.42. The van der Waals surface area contributed by atoms with Gasteiger partial charge in [0.1, 0.15) is 0 Å². The van der Waals surface area contributed by atoms with E-state index >= 15 is 0 Å². The normalized spacial score (nSPS) is 18.6. The van der Waals surface area contributed by atoms with Gasteiger partial charge in [-0.15, -0.1) is 0 Å². The molecule has 44 heavy (non-hydrogen) atoms. The first-order chi connectivity index (χ1) is 21.1. The molecule has 0 radical (unpaired) electrons. The van der Waals surface area contributed by atoms with Crippen LogP contribution in [0, 0.1) is 0 Å². The summed E-state index contributed by atoms with van der Waals surface area (Å²) < 4.78 is 31.7. The van der Waals surface area contributed by atoms with E-state index in [9.17, 15) is 22.8 Å². The number of H-pyrrole nitrogens is 1. The number of likely N-dealkylation sites (tertiary alicyclic amines) is 2. The highest BCUT2D eigenvalue weighted by atomic mass is 19.4. The highest BCUT2D eigenvalue weighted by Crippen LogP contribution is 2.26. The van der Waals surface area contributed by atoms with E-state index in [-0.39, 0.29) is 11.8 Å². The van der Waals surface area contributed by atoms with Crippen molar-refractivity contribution in [2.45, 2.75) is 44.3 Å². The van der Waals surface area contributed by atoms with Crippen molar-refractivity contribution in [3.05, 3.63) is 76.7 Å². The van der Waals surface area contributed by atoms with Gasteiger partial charge >= 0.3 is 12.1 Å². The first kappa shape index (κ1) is 31.0. The first-order valence-corrected chi connectivity index (χ1v) is 14.7. The third-order valence-electron chi connectivity index (χ3n) is 8.05. The van der Waals surface area contributed by atoms with Gasteiger partial charge in [0.2, 0.25) is 0 Å². The third-order valence-corrected chi connectivity index (χ3v) is 8.05. The van der Waals surface area contributed by atoms with Crippen molar-refractivity contribution in [2.75, 3.05) is 32.7 Å². The highest BCUT2D eigenvalue weighted by Gasteiger charge is 2.38. The summed E-state index contributed by atoms with van der Waals surface area (Å²) in [6.45, 7) is 4.87. The zero-order valence-electron chi connectivity index (χ0n) is 24.1. The minimum Gasteiger partial charge on any atom is -0.475 e. The van der Waals surface area contributed by atoms with Crippen molar-refractivity contribution >= 4 is 29.9 Å². The molecule has 2 fully saturated rings. The Morgan fingerprint density at radius 2 is 1.75 bits per heavy atom. The van der Waals surface area contributed by atoms with E-state index in [1.54, 1.807) is 6.20 Å². The zero-order chi connectivity index (χ0) is 31.3. The fourth-order valence-electron chi connectivity index (χ4n) is 5.80. The van der Waals surface area contributed by atoms with E-state index in [0.717, 1.165) is 71.7 Å². The summed E-state index contributed by atoms with van der Waals surface area (Å²) in [6.07, 6.45) is 6.26. The van der Waals surface area contributed by atoms with Gasteiger partial charge in [-0.05, 0) is 80.7 Å². The Hall–Kier alpha value is -4.45. The van der Waals surface area contributed by atoms with Crippen LogP contribution in [0.4, 0.5) is 13.2 Å². The van der Waals surface area contributed by atoms with Gasteiger partial charge in [0.15, 0.2) is 0 Å². The monoisotopic (exact) mass is 609 g/mol. The topological polar surface area (TPSA) is 119 Å². The largest absolute Gasteiger partial charge is 0.490 e. The molecule has 12 heteroatoms. The van der Waals surface area contributed by atoms with Crippen molar-refractivity contribution in [3.8, 4) is 11.3 Å². The lowest BCUT2D eigenvalue weighted by molar-refractivity contribution is -0.192. The summed E-state index contributed by atoms with van der Waals surface area (Å²) in [4.78, 5) is 46.7. The molecule has 3 aliphatic heterocycles. The van der Waals surface area contributed by atoms with Crippen molar-refractivity contribution in [1.29, 1.82) is 0 Å². The lowest BCUT2D eigenvalue weighted by atomic mass is 10.1. The molecule has 3 N–H and O–H groups in total. The Morgan fingerprint density at radius 3 is 2.43 bits per heavy atom. The standard InChI is InChI=1S/C30H33N5O2.C2HF3O2/c36-29-26-19-28(33-27(26)12-14-32-29)23-11-13-31-24(18-23)10-7-21-5-8-22(9-6-21)30(37)35-17-3-4-25(35)20-34-15-1-2-16-34;3-2(4,5)1(6)7/h5-11,13,18-19,25,33H,1-4,12,14-17,20H2,(H,32,36);(H,6,7)/b10-7+;/t25-;/m1./s1. The SMILES string of the molecule is O=C(O)C(F)(F)F.O=C1NCCc2[nH]c(-c3ccnc(/C=C/c4ccc(C(=O)N5CCC[C@@H]5CN5CCCC5)cc4)c3)cc21. The first-order valence-electron chi connectivity index (χ1n) is 14.7. The van der Waals surface area contributed by atoms with Crippen LogP contribution in [0.5, 0.6) is 0 Å². The van der Waals surface area contributed by atoms with Gasteiger partial charge in [-0.3, -0.25) is 14.6 Å². The molecule has 3 aliphatic rings. The molecule has 0 spiro atoms. The Bertz CT molecular complexity index is 1530. The Balaban J connectivity index is 0.000000493. The Morgan fingerprint density at radius 1 is 1.02 bits per heavy atom. The molecule has 6 rings (SSSR count). The second-order valence-electron chi connectivity index (χ2n) is 11.1. The average Bonchev–Trinajstić information content (AvgIpc) is 3.78. The van der Waals surface area contributed by atoms with Gasteiger partial charge in [0, 0.05) is 60.8 Å².